The maximum absolute atomic E-state index is 12.0. The van der Waals surface area contributed by atoms with Crippen LogP contribution in [0.25, 0.3) is 10.9 Å². The Morgan fingerprint density at radius 2 is 2.09 bits per heavy atom. The van der Waals surface area contributed by atoms with Crippen molar-refractivity contribution >= 4 is 22.5 Å². The summed E-state index contributed by atoms with van der Waals surface area (Å²) in [5.41, 5.74) is 2.78. The highest BCUT2D eigenvalue weighted by Crippen LogP contribution is 2.49. The van der Waals surface area contributed by atoms with E-state index in [1.807, 2.05) is 36.4 Å². The number of methoxy groups -OCH3 is 1. The summed E-state index contributed by atoms with van der Waals surface area (Å²) in [5, 5.41) is 13.6. The zero-order chi connectivity index (χ0) is 24.2. The Morgan fingerprint density at radius 3 is 2.89 bits per heavy atom. The largest absolute Gasteiger partial charge is 0.497 e. The Bertz CT molecular complexity index is 1300. The number of fused-ring (bicyclic) bond motifs is 5. The van der Waals surface area contributed by atoms with E-state index in [9.17, 15) is 5.11 Å². The molecule has 4 aliphatic rings. The third-order valence-electron chi connectivity index (χ3n) is 8.37. The second kappa shape index (κ2) is 8.70. The molecule has 0 saturated carbocycles. The fraction of sp³-hybridized carbons (Fsp3) is 0.393. The van der Waals surface area contributed by atoms with Gasteiger partial charge in [-0.25, -0.2) is 0 Å². The second-order valence-electron chi connectivity index (χ2n) is 10.1. The van der Waals surface area contributed by atoms with Gasteiger partial charge < -0.3 is 23.8 Å². The van der Waals surface area contributed by atoms with Crippen molar-refractivity contribution in [3.8, 4) is 17.2 Å². The molecule has 2 bridgehead atoms. The number of aliphatic hydroxyl groups excluding tert-OH is 1. The van der Waals surface area contributed by atoms with E-state index < -0.39 is 6.10 Å². The van der Waals surface area contributed by atoms with Gasteiger partial charge in [-0.2, -0.15) is 0 Å². The molecule has 3 fully saturated rings. The number of hydrogen-bond acceptors (Lipinski definition) is 5. The van der Waals surface area contributed by atoms with E-state index in [2.05, 4.69) is 17.6 Å². The molecular weight excluding hydrogens is 464 g/mol. The maximum Gasteiger partial charge on any atom is 0.231 e. The van der Waals surface area contributed by atoms with Gasteiger partial charge in [0, 0.05) is 42.0 Å². The average molecular weight is 494 g/mol. The van der Waals surface area contributed by atoms with E-state index >= 15 is 0 Å². The molecule has 1 aromatic heterocycles. The highest BCUT2D eigenvalue weighted by Gasteiger charge is 2.54. The number of aromatic nitrogens is 1. The lowest BCUT2D eigenvalue weighted by atomic mass is 9.71. The molecule has 5 atom stereocenters. The predicted molar refractivity (Wildman–Crippen MR) is 135 cm³/mol. The fourth-order valence-electron chi connectivity index (χ4n) is 6.54. The quantitative estimate of drug-likeness (QED) is 0.374. The molecule has 0 spiro atoms. The zero-order valence-corrected chi connectivity index (χ0v) is 20.6. The first-order valence-corrected chi connectivity index (χ1v) is 12.6. The number of ether oxygens (including phenoxy) is 3. The van der Waals surface area contributed by atoms with Crippen LogP contribution in [0.15, 0.2) is 55.3 Å². The van der Waals surface area contributed by atoms with Gasteiger partial charge in [-0.3, -0.25) is 4.98 Å². The van der Waals surface area contributed by atoms with E-state index in [0.29, 0.717) is 22.6 Å². The Labute approximate surface area is 210 Å². The van der Waals surface area contributed by atoms with Crippen molar-refractivity contribution in [2.45, 2.75) is 31.5 Å². The van der Waals surface area contributed by atoms with Crippen LogP contribution in [0.4, 0.5) is 0 Å². The summed E-state index contributed by atoms with van der Waals surface area (Å²) in [6.07, 6.45) is 5.30. The lowest BCUT2D eigenvalue weighted by Crippen LogP contribution is -2.67. The van der Waals surface area contributed by atoms with Gasteiger partial charge in [-0.05, 0) is 41.8 Å². The number of benzene rings is 2. The van der Waals surface area contributed by atoms with Crippen molar-refractivity contribution in [3.05, 3.63) is 71.4 Å². The predicted octanol–water partition coefficient (Wildman–Crippen LogP) is 5.27. The standard InChI is InChI=1S/C28H30ClN2O4/c1-3-17-14-31(15-19-11-26-27(13-23(19)29)35-16-34-26)9-7-18(17)10-25(31)28(32)21-6-8-30-24-5-4-20(33-2)12-22(21)24/h3-6,8,11-13,17-18,25,28,32H,1,7,9-10,14-16H2,2H3/q+1/t17-,18-,25-,28+,31?/m0/s1. The number of nitrogens with zero attached hydrogens (tertiary/aromatic N) is 2. The molecule has 1 unspecified atom stereocenters. The number of pyridine rings is 1. The van der Waals surface area contributed by atoms with Crippen LogP contribution in [0.3, 0.4) is 0 Å². The smallest absolute Gasteiger partial charge is 0.231 e. The van der Waals surface area contributed by atoms with E-state index in [4.69, 9.17) is 25.8 Å². The third kappa shape index (κ3) is 3.75. The summed E-state index contributed by atoms with van der Waals surface area (Å²) in [6.45, 7) is 7.01. The molecule has 5 heterocycles. The van der Waals surface area contributed by atoms with Gasteiger partial charge in [0.05, 0.1) is 30.7 Å². The van der Waals surface area contributed by atoms with Crippen molar-refractivity contribution in [2.75, 3.05) is 27.0 Å². The van der Waals surface area contributed by atoms with Crippen molar-refractivity contribution in [1.29, 1.82) is 0 Å². The first-order chi connectivity index (χ1) is 17.0. The van der Waals surface area contributed by atoms with E-state index in [0.717, 1.165) is 70.5 Å². The van der Waals surface area contributed by atoms with Gasteiger partial charge in [-0.1, -0.05) is 17.7 Å². The van der Waals surface area contributed by atoms with Crippen molar-refractivity contribution in [2.24, 2.45) is 11.8 Å². The van der Waals surface area contributed by atoms with Crippen LogP contribution in [-0.2, 0) is 6.54 Å². The van der Waals surface area contributed by atoms with Crippen LogP contribution >= 0.6 is 11.6 Å². The van der Waals surface area contributed by atoms with E-state index in [1.165, 1.54) is 0 Å². The Morgan fingerprint density at radius 1 is 1.26 bits per heavy atom. The van der Waals surface area contributed by atoms with E-state index in [-0.39, 0.29) is 12.8 Å². The monoisotopic (exact) mass is 493 g/mol. The molecule has 6 nitrogen and oxygen atoms in total. The molecule has 3 aromatic rings. The summed E-state index contributed by atoms with van der Waals surface area (Å²) in [5.74, 6) is 3.14. The first-order valence-electron chi connectivity index (χ1n) is 12.2. The van der Waals surface area contributed by atoms with Crippen LogP contribution < -0.4 is 14.2 Å². The van der Waals surface area contributed by atoms with Gasteiger partial charge in [0.15, 0.2) is 11.5 Å². The molecule has 3 saturated heterocycles. The average Bonchev–Trinajstić information content (AvgIpc) is 3.34. The minimum Gasteiger partial charge on any atom is -0.497 e. The summed E-state index contributed by atoms with van der Waals surface area (Å²) >= 11 is 6.73. The van der Waals surface area contributed by atoms with Gasteiger partial charge >= 0.3 is 0 Å². The van der Waals surface area contributed by atoms with Crippen LogP contribution in [0, 0.1) is 11.8 Å². The Hall–Kier alpha value is -2.80. The topological polar surface area (TPSA) is 60.8 Å². The molecule has 0 aliphatic carbocycles. The summed E-state index contributed by atoms with van der Waals surface area (Å²) in [7, 11) is 1.66. The summed E-state index contributed by atoms with van der Waals surface area (Å²) < 4.78 is 17.4. The number of quaternary nitrogens is 1. The van der Waals surface area contributed by atoms with Crippen molar-refractivity contribution in [1.82, 2.24) is 4.98 Å². The Kier molecular flexibility index (Phi) is 5.63. The van der Waals surface area contributed by atoms with Crippen molar-refractivity contribution in [3.63, 3.8) is 0 Å². The first kappa shape index (κ1) is 22.7. The maximum atomic E-state index is 12.0. The SMILES string of the molecule is C=C[C@H]1C[N+]2(Cc3cc4c(cc3Cl)OCO4)CC[C@H]1C[C@H]2[C@H](O)c1ccnc2ccc(OC)cc12. The number of halogens is 1. The molecule has 182 valence electrons. The highest BCUT2D eigenvalue weighted by molar-refractivity contribution is 6.31. The van der Waals surface area contributed by atoms with Gasteiger partial charge in [0.25, 0.3) is 0 Å². The minimum absolute atomic E-state index is 0.0308. The molecule has 0 radical (unpaired) electrons. The minimum atomic E-state index is -0.644. The number of aliphatic hydroxyl groups is 1. The summed E-state index contributed by atoms with van der Waals surface area (Å²) in [4.78, 5) is 4.52. The molecule has 1 N–H and O–H groups in total. The molecular formula is C28H30ClN2O4+. The van der Waals surface area contributed by atoms with Gasteiger partial charge in [0.1, 0.15) is 24.4 Å². The number of rotatable bonds is 6. The lowest BCUT2D eigenvalue weighted by Gasteiger charge is -2.58. The third-order valence-corrected chi connectivity index (χ3v) is 8.72. The van der Waals surface area contributed by atoms with Gasteiger partial charge in [0.2, 0.25) is 6.79 Å². The Balaban J connectivity index is 1.41. The molecule has 7 rings (SSSR count). The van der Waals surface area contributed by atoms with Gasteiger partial charge in [-0.15, -0.1) is 6.58 Å². The normalized spacial score (nSPS) is 27.7. The number of hydrogen-bond donors (Lipinski definition) is 1. The molecule has 2 aromatic carbocycles. The van der Waals surface area contributed by atoms with Crippen molar-refractivity contribution < 1.29 is 23.8 Å². The molecule has 7 heteroatoms. The lowest BCUT2D eigenvalue weighted by molar-refractivity contribution is -0.984. The van der Waals surface area contributed by atoms with Crippen LogP contribution in [-0.4, -0.2) is 47.6 Å². The number of piperidine rings is 3. The molecule has 4 aliphatic heterocycles. The molecule has 35 heavy (non-hydrogen) atoms. The molecule has 0 amide bonds. The van der Waals surface area contributed by atoms with Crippen LogP contribution in [0.2, 0.25) is 5.02 Å². The van der Waals surface area contributed by atoms with Crippen LogP contribution in [0.5, 0.6) is 17.2 Å². The van der Waals surface area contributed by atoms with E-state index in [1.54, 1.807) is 13.3 Å². The summed E-state index contributed by atoms with van der Waals surface area (Å²) in [6, 6.07) is 11.7. The van der Waals surface area contributed by atoms with Crippen LogP contribution in [0.1, 0.15) is 30.1 Å². The highest BCUT2D eigenvalue weighted by atomic mass is 35.5. The second-order valence-corrected chi connectivity index (χ2v) is 10.5. The fourth-order valence-corrected chi connectivity index (χ4v) is 6.75. The zero-order valence-electron chi connectivity index (χ0n) is 19.8.